The molecular weight excluding hydrogens is 327 g/mol. The number of aromatic nitrogens is 2. The normalized spacial score (nSPS) is 28.8. The van der Waals surface area contributed by atoms with Gasteiger partial charge in [0.05, 0.1) is 6.20 Å². The number of pyridine rings is 1. The molecule has 1 amide bonds. The predicted molar refractivity (Wildman–Crippen MR) is 90.3 cm³/mol. The molecule has 2 bridgehead atoms. The number of nitrogens with zero attached hydrogens (tertiary/aromatic N) is 3. The van der Waals surface area contributed by atoms with E-state index in [-0.39, 0.29) is 11.9 Å². The number of halogens is 1. The minimum atomic E-state index is -0.546. The number of carbonyl (C=O) groups excluding carboxylic acids is 1. The molecular formula is C17H19FN4OS. The molecule has 3 fully saturated rings. The first-order valence-corrected chi connectivity index (χ1v) is 9.06. The summed E-state index contributed by atoms with van der Waals surface area (Å²) in [6.07, 6.45) is 5.28. The molecule has 24 heavy (non-hydrogen) atoms. The minimum absolute atomic E-state index is 0.0844. The molecule has 7 heteroatoms. The smallest absolute Gasteiger partial charge is 0.263 e. The van der Waals surface area contributed by atoms with Gasteiger partial charge in [-0.1, -0.05) is 0 Å². The van der Waals surface area contributed by atoms with Gasteiger partial charge in [-0.3, -0.25) is 9.69 Å². The summed E-state index contributed by atoms with van der Waals surface area (Å²) >= 11 is 1.28. The second-order valence-corrected chi connectivity index (χ2v) is 7.54. The largest absolute Gasteiger partial charge is 0.347 e. The first-order chi connectivity index (χ1) is 11.6. The highest BCUT2D eigenvalue weighted by Gasteiger charge is 2.40. The molecule has 5 rings (SSSR count). The van der Waals surface area contributed by atoms with Crippen molar-refractivity contribution < 1.29 is 9.18 Å². The summed E-state index contributed by atoms with van der Waals surface area (Å²) in [4.78, 5) is 23.4. The Balaban J connectivity index is 1.49. The van der Waals surface area contributed by atoms with Crippen molar-refractivity contribution in [2.45, 2.75) is 31.8 Å². The molecule has 5 nitrogen and oxygen atoms in total. The fourth-order valence-corrected chi connectivity index (χ4v) is 4.63. The minimum Gasteiger partial charge on any atom is -0.347 e. The van der Waals surface area contributed by atoms with Gasteiger partial charge in [0.15, 0.2) is 0 Å². The Bertz CT molecular complexity index is 755. The molecule has 3 aliphatic rings. The number of fused-ring (bicyclic) bond motifs is 3. The van der Waals surface area contributed by atoms with E-state index >= 15 is 0 Å². The van der Waals surface area contributed by atoms with Crippen LogP contribution >= 0.6 is 11.3 Å². The van der Waals surface area contributed by atoms with E-state index in [2.05, 4.69) is 27.1 Å². The maximum absolute atomic E-state index is 13.2. The lowest BCUT2D eigenvalue weighted by Gasteiger charge is -2.49. The Morgan fingerprint density at radius 3 is 2.88 bits per heavy atom. The van der Waals surface area contributed by atoms with Gasteiger partial charge in [-0.05, 0) is 44.8 Å². The fourth-order valence-electron chi connectivity index (χ4n) is 3.82. The van der Waals surface area contributed by atoms with Crippen molar-refractivity contribution in [3.05, 3.63) is 35.4 Å². The van der Waals surface area contributed by atoms with Crippen molar-refractivity contribution in [2.24, 2.45) is 5.92 Å². The molecule has 0 unspecified atom stereocenters. The maximum atomic E-state index is 13.2. The predicted octanol–water partition coefficient (Wildman–Crippen LogP) is 2.56. The lowest BCUT2D eigenvalue weighted by molar-refractivity contribution is 0.0218. The molecule has 0 spiro atoms. The zero-order valence-electron chi connectivity index (χ0n) is 13.4. The standard InChI is InChI=1S/C17H19FN4OS/c1-10-15(11-3-6-22(10)7-4-11)21-16(23)13-9-20-17(24-13)12-2-5-19-14(18)8-12/h2,5,8-11,15H,3-4,6-7H2,1H3,(H,21,23)/t10-,15-/m0/s1. The summed E-state index contributed by atoms with van der Waals surface area (Å²) in [5.41, 5.74) is 0.641. The first-order valence-electron chi connectivity index (χ1n) is 8.24. The molecule has 2 aromatic heterocycles. The third kappa shape index (κ3) is 2.82. The molecule has 3 saturated heterocycles. The van der Waals surface area contributed by atoms with Crippen LogP contribution in [0.5, 0.6) is 0 Å². The van der Waals surface area contributed by atoms with E-state index in [4.69, 9.17) is 0 Å². The van der Waals surface area contributed by atoms with E-state index in [0.717, 1.165) is 25.9 Å². The Morgan fingerprint density at radius 2 is 2.17 bits per heavy atom. The third-order valence-electron chi connectivity index (χ3n) is 5.18. The topological polar surface area (TPSA) is 58.1 Å². The van der Waals surface area contributed by atoms with Crippen molar-refractivity contribution in [1.82, 2.24) is 20.2 Å². The zero-order valence-corrected chi connectivity index (χ0v) is 14.2. The van der Waals surface area contributed by atoms with Crippen LogP contribution < -0.4 is 5.32 Å². The van der Waals surface area contributed by atoms with Gasteiger partial charge >= 0.3 is 0 Å². The molecule has 2 aromatic rings. The lowest BCUT2D eigenvalue weighted by Crippen LogP contribution is -2.62. The number of nitrogens with one attached hydrogen (secondary N) is 1. The molecule has 1 N–H and O–H groups in total. The number of hydrogen-bond donors (Lipinski definition) is 1. The van der Waals surface area contributed by atoms with Crippen molar-refractivity contribution in [3.63, 3.8) is 0 Å². The fraction of sp³-hybridized carbons (Fsp3) is 0.471. The molecule has 2 atom stereocenters. The van der Waals surface area contributed by atoms with Crippen molar-refractivity contribution in [1.29, 1.82) is 0 Å². The number of amides is 1. The Kier molecular flexibility index (Phi) is 4.05. The highest BCUT2D eigenvalue weighted by atomic mass is 32.1. The van der Waals surface area contributed by atoms with E-state index < -0.39 is 5.95 Å². The summed E-state index contributed by atoms with van der Waals surface area (Å²) in [6, 6.07) is 3.60. The van der Waals surface area contributed by atoms with Gasteiger partial charge in [0.2, 0.25) is 5.95 Å². The van der Waals surface area contributed by atoms with Gasteiger partial charge in [-0.25, -0.2) is 9.97 Å². The van der Waals surface area contributed by atoms with Gasteiger partial charge in [0.25, 0.3) is 5.91 Å². The van der Waals surface area contributed by atoms with Gasteiger partial charge in [-0.15, -0.1) is 11.3 Å². The monoisotopic (exact) mass is 346 g/mol. The number of hydrogen-bond acceptors (Lipinski definition) is 5. The van der Waals surface area contributed by atoms with E-state index in [9.17, 15) is 9.18 Å². The quantitative estimate of drug-likeness (QED) is 0.868. The van der Waals surface area contributed by atoms with Gasteiger partial charge in [-0.2, -0.15) is 4.39 Å². The van der Waals surface area contributed by atoms with Gasteiger partial charge in [0.1, 0.15) is 9.88 Å². The number of thiazole rings is 1. The van der Waals surface area contributed by atoms with E-state index in [1.165, 1.54) is 23.6 Å². The molecule has 0 radical (unpaired) electrons. The Hall–Kier alpha value is -1.86. The van der Waals surface area contributed by atoms with Crippen LogP contribution in [0.1, 0.15) is 29.4 Å². The summed E-state index contributed by atoms with van der Waals surface area (Å²) in [6.45, 7) is 4.46. The number of piperidine rings is 3. The van der Waals surface area contributed by atoms with Crippen LogP contribution in [0.25, 0.3) is 10.6 Å². The van der Waals surface area contributed by atoms with Crippen LogP contribution in [0, 0.1) is 11.9 Å². The lowest BCUT2D eigenvalue weighted by atomic mass is 9.79. The van der Waals surface area contributed by atoms with Crippen molar-refractivity contribution in [2.75, 3.05) is 13.1 Å². The second-order valence-electron chi connectivity index (χ2n) is 6.51. The van der Waals surface area contributed by atoms with Crippen LogP contribution in [0.2, 0.25) is 0 Å². The first kappa shape index (κ1) is 15.7. The highest BCUT2D eigenvalue weighted by molar-refractivity contribution is 7.16. The second kappa shape index (κ2) is 6.22. The molecule has 0 aliphatic carbocycles. The average molecular weight is 346 g/mol. The Morgan fingerprint density at radius 1 is 1.38 bits per heavy atom. The van der Waals surface area contributed by atoms with Crippen molar-refractivity contribution >= 4 is 17.2 Å². The van der Waals surface area contributed by atoms with E-state index in [0.29, 0.717) is 27.4 Å². The van der Waals surface area contributed by atoms with Gasteiger partial charge in [0, 0.05) is 29.9 Å². The molecule has 0 saturated carbocycles. The summed E-state index contributed by atoms with van der Waals surface area (Å²) < 4.78 is 13.2. The maximum Gasteiger partial charge on any atom is 0.263 e. The summed E-state index contributed by atoms with van der Waals surface area (Å²) in [5.74, 6) is -0.0654. The van der Waals surface area contributed by atoms with Crippen molar-refractivity contribution in [3.8, 4) is 10.6 Å². The van der Waals surface area contributed by atoms with Crippen LogP contribution in [0.3, 0.4) is 0 Å². The average Bonchev–Trinajstić information content (AvgIpc) is 3.09. The van der Waals surface area contributed by atoms with Crippen LogP contribution in [0.4, 0.5) is 4.39 Å². The third-order valence-corrected chi connectivity index (χ3v) is 6.22. The molecule has 3 aliphatic heterocycles. The summed E-state index contributed by atoms with van der Waals surface area (Å²) in [5, 5.41) is 3.82. The van der Waals surface area contributed by atoms with Gasteiger partial charge < -0.3 is 5.32 Å². The number of carbonyl (C=O) groups is 1. The van der Waals surface area contributed by atoms with Crippen LogP contribution in [-0.2, 0) is 0 Å². The van der Waals surface area contributed by atoms with E-state index in [1.807, 2.05) is 0 Å². The van der Waals surface area contributed by atoms with Crippen LogP contribution in [0.15, 0.2) is 24.5 Å². The SMILES string of the molecule is C[C@H]1[C@H](NC(=O)c2cnc(-c3ccnc(F)c3)s2)C2CCN1CC2. The summed E-state index contributed by atoms with van der Waals surface area (Å²) in [7, 11) is 0. The van der Waals surface area contributed by atoms with Crippen LogP contribution in [-0.4, -0.2) is 45.9 Å². The molecule has 0 aromatic carbocycles. The molecule has 5 heterocycles. The Labute approximate surface area is 143 Å². The molecule has 126 valence electrons. The number of rotatable bonds is 3. The zero-order chi connectivity index (χ0) is 16.7. The highest BCUT2D eigenvalue weighted by Crippen LogP contribution is 2.32. The van der Waals surface area contributed by atoms with E-state index in [1.54, 1.807) is 12.3 Å².